The van der Waals surface area contributed by atoms with Gasteiger partial charge in [0.2, 0.25) is 0 Å². The molecule has 2 aromatic rings. The van der Waals surface area contributed by atoms with Gasteiger partial charge >= 0.3 is 4.77 Å². The lowest BCUT2D eigenvalue weighted by atomic mass is 10.3. The topological polar surface area (TPSA) is 68.0 Å². The van der Waals surface area contributed by atoms with Crippen LogP contribution in [0.15, 0.2) is 24.3 Å². The molecule has 13 heavy (non-hydrogen) atoms. The summed E-state index contributed by atoms with van der Waals surface area (Å²) in [6.45, 7) is 0. The van der Waals surface area contributed by atoms with Crippen LogP contribution in [0, 0.1) is 4.77 Å². The molecule has 1 heterocycles. The quantitative estimate of drug-likeness (QED) is 0.649. The molecule has 0 fully saturated rings. The van der Waals surface area contributed by atoms with Gasteiger partial charge in [0.1, 0.15) is 11.4 Å². The summed E-state index contributed by atoms with van der Waals surface area (Å²) in [6, 6.07) is 6.63. The van der Waals surface area contributed by atoms with Crippen LogP contribution >= 0.6 is 12.2 Å². The van der Waals surface area contributed by atoms with E-state index in [4.69, 9.17) is 17.3 Å². The Balaban J connectivity index is 2.54. The van der Waals surface area contributed by atoms with E-state index < -0.39 is 0 Å². The Labute approximate surface area is 78.6 Å². The number of phenols is 1. The molecule has 66 valence electrons. The number of aromatic hydroxyl groups is 1. The SMILES string of the molecule is Oc1ccc(-n2[nH]n[nH+]c2=S)cc1. The molecule has 3 N–H and O–H groups in total. The minimum Gasteiger partial charge on any atom is -0.508 e. The molecule has 2 rings (SSSR count). The molecule has 6 heteroatoms. The van der Waals surface area contributed by atoms with Crippen LogP contribution in [-0.4, -0.2) is 20.2 Å². The molecule has 0 spiro atoms. The monoisotopic (exact) mass is 195 g/mol. The number of tetrazole rings is 1. The highest BCUT2D eigenvalue weighted by Crippen LogP contribution is 2.11. The number of nitrogens with one attached hydrogen (secondary N) is 2. The zero-order valence-electron chi connectivity index (χ0n) is 6.56. The van der Waals surface area contributed by atoms with Gasteiger partial charge in [0.05, 0.1) is 5.21 Å². The van der Waals surface area contributed by atoms with Gasteiger partial charge in [-0.3, -0.25) is 0 Å². The predicted molar refractivity (Wildman–Crippen MR) is 47.0 cm³/mol. The van der Waals surface area contributed by atoms with Gasteiger partial charge in [-0.2, -0.15) is 0 Å². The van der Waals surface area contributed by atoms with Crippen molar-refractivity contribution in [3.63, 3.8) is 0 Å². The lowest BCUT2D eigenvalue weighted by Gasteiger charge is -1.93. The third-order valence-electron chi connectivity index (χ3n) is 1.61. The van der Waals surface area contributed by atoms with Crippen LogP contribution in [0.1, 0.15) is 0 Å². The molecule has 0 radical (unpaired) electrons. The maximum Gasteiger partial charge on any atom is 0.349 e. The molecular weight excluding hydrogens is 188 g/mol. The van der Waals surface area contributed by atoms with E-state index in [-0.39, 0.29) is 5.75 Å². The second-order valence-electron chi connectivity index (χ2n) is 2.48. The second kappa shape index (κ2) is 2.98. The summed E-state index contributed by atoms with van der Waals surface area (Å²) in [6.07, 6.45) is 0. The first-order chi connectivity index (χ1) is 6.27. The van der Waals surface area contributed by atoms with Crippen LogP contribution in [0.2, 0.25) is 0 Å². The molecule has 5 nitrogen and oxygen atoms in total. The van der Waals surface area contributed by atoms with Crippen LogP contribution in [0.5, 0.6) is 5.75 Å². The van der Waals surface area contributed by atoms with Crippen molar-refractivity contribution in [2.45, 2.75) is 0 Å². The smallest absolute Gasteiger partial charge is 0.349 e. The number of aromatic nitrogens is 4. The fraction of sp³-hybridized carbons (Fsp3) is 0. The minimum atomic E-state index is 0.221. The van der Waals surface area contributed by atoms with E-state index in [2.05, 4.69) is 15.5 Å². The first-order valence-electron chi connectivity index (χ1n) is 3.62. The third-order valence-corrected chi connectivity index (χ3v) is 1.89. The van der Waals surface area contributed by atoms with E-state index in [1.165, 1.54) is 0 Å². The summed E-state index contributed by atoms with van der Waals surface area (Å²) >= 11 is 4.95. The predicted octanol–water partition coefficient (Wildman–Crippen LogP) is 0.450. The van der Waals surface area contributed by atoms with Crippen molar-refractivity contribution in [3.05, 3.63) is 29.0 Å². The maximum absolute atomic E-state index is 9.05. The molecule has 0 atom stereocenters. The van der Waals surface area contributed by atoms with Crippen LogP contribution in [0.25, 0.3) is 5.69 Å². The van der Waals surface area contributed by atoms with Crippen molar-refractivity contribution in [1.82, 2.24) is 15.1 Å². The molecule has 1 aromatic carbocycles. The molecule has 0 aliphatic rings. The highest BCUT2D eigenvalue weighted by Gasteiger charge is 2.05. The third kappa shape index (κ3) is 1.43. The van der Waals surface area contributed by atoms with Crippen molar-refractivity contribution in [2.24, 2.45) is 0 Å². The number of hydrogen-bond acceptors (Lipinski definition) is 3. The van der Waals surface area contributed by atoms with E-state index >= 15 is 0 Å². The Morgan fingerprint density at radius 2 is 2.08 bits per heavy atom. The lowest BCUT2D eigenvalue weighted by molar-refractivity contribution is -0.464. The molecule has 0 unspecified atom stereocenters. The van der Waals surface area contributed by atoms with Gasteiger partial charge in [-0.25, -0.2) is 0 Å². The summed E-state index contributed by atoms with van der Waals surface area (Å²) in [5.41, 5.74) is 0.816. The normalized spacial score (nSPS) is 10.2. The van der Waals surface area contributed by atoms with Crippen LogP contribution in [0.3, 0.4) is 0 Å². The average Bonchev–Trinajstić information content (AvgIpc) is 2.53. The highest BCUT2D eigenvalue weighted by molar-refractivity contribution is 7.71. The molecular formula is C7H7N4OS+. The summed E-state index contributed by atoms with van der Waals surface area (Å²) in [5, 5.41) is 18.0. The van der Waals surface area contributed by atoms with Crippen LogP contribution < -0.4 is 5.10 Å². The van der Waals surface area contributed by atoms with Crippen molar-refractivity contribution < 1.29 is 10.2 Å². The second-order valence-corrected chi connectivity index (χ2v) is 2.87. The fourth-order valence-corrected chi connectivity index (χ4v) is 1.19. The highest BCUT2D eigenvalue weighted by atomic mass is 32.1. The average molecular weight is 195 g/mol. The minimum absolute atomic E-state index is 0.221. The number of hydrogen-bond donors (Lipinski definition) is 2. The van der Waals surface area contributed by atoms with E-state index in [1.807, 2.05) is 0 Å². The largest absolute Gasteiger partial charge is 0.508 e. The number of phenolic OH excluding ortho intramolecular Hbond substituents is 1. The Hall–Kier alpha value is -1.69. The number of aromatic amines is 2. The first kappa shape index (κ1) is 7.93. The Bertz CT molecular complexity index is 458. The summed E-state index contributed by atoms with van der Waals surface area (Å²) in [5.74, 6) is 0.221. The molecule has 0 amide bonds. The van der Waals surface area contributed by atoms with Crippen LogP contribution in [0.4, 0.5) is 0 Å². The summed E-state index contributed by atoms with van der Waals surface area (Å²) in [4.78, 5) is 0. The standard InChI is InChI=1S/C7H6N4OS/c12-6-3-1-5(2-4-6)11-7(13)8-9-10-11/h1-4,12H,(H,8,10,13)/p+1. The molecule has 0 saturated carbocycles. The van der Waals surface area contributed by atoms with Gasteiger partial charge in [0.25, 0.3) is 0 Å². The Kier molecular flexibility index (Phi) is 1.82. The van der Waals surface area contributed by atoms with E-state index in [9.17, 15) is 0 Å². The van der Waals surface area contributed by atoms with Gasteiger partial charge in [-0.1, -0.05) is 9.90 Å². The van der Waals surface area contributed by atoms with Crippen molar-refractivity contribution >= 4 is 12.2 Å². The molecule has 0 saturated heterocycles. The molecule has 1 aromatic heterocycles. The van der Waals surface area contributed by atoms with Crippen molar-refractivity contribution in [1.29, 1.82) is 0 Å². The van der Waals surface area contributed by atoms with Crippen molar-refractivity contribution in [3.8, 4) is 11.4 Å². The summed E-state index contributed by atoms with van der Waals surface area (Å²) < 4.78 is 2.07. The number of nitrogens with zero attached hydrogens (tertiary/aromatic N) is 2. The number of H-pyrrole nitrogens is 2. The zero-order chi connectivity index (χ0) is 9.26. The lowest BCUT2D eigenvalue weighted by Crippen LogP contribution is -2.03. The van der Waals surface area contributed by atoms with Gasteiger partial charge < -0.3 is 5.11 Å². The first-order valence-corrected chi connectivity index (χ1v) is 4.03. The van der Waals surface area contributed by atoms with E-state index in [0.717, 1.165) is 5.69 Å². The Morgan fingerprint density at radius 1 is 1.38 bits per heavy atom. The van der Waals surface area contributed by atoms with Gasteiger partial charge in [-0.15, -0.1) is 5.10 Å². The van der Waals surface area contributed by atoms with Gasteiger partial charge in [-0.05, 0) is 24.3 Å². The van der Waals surface area contributed by atoms with E-state index in [0.29, 0.717) is 4.77 Å². The van der Waals surface area contributed by atoms with Gasteiger partial charge in [0, 0.05) is 12.2 Å². The van der Waals surface area contributed by atoms with E-state index in [1.54, 1.807) is 28.9 Å². The molecule has 0 aliphatic carbocycles. The summed E-state index contributed by atoms with van der Waals surface area (Å²) in [7, 11) is 0. The Morgan fingerprint density at radius 3 is 2.62 bits per heavy atom. The number of benzene rings is 1. The number of rotatable bonds is 1. The fourth-order valence-electron chi connectivity index (χ4n) is 0.995. The van der Waals surface area contributed by atoms with Gasteiger partial charge in [0.15, 0.2) is 0 Å². The van der Waals surface area contributed by atoms with Crippen LogP contribution in [-0.2, 0) is 0 Å². The van der Waals surface area contributed by atoms with Crippen molar-refractivity contribution in [2.75, 3.05) is 0 Å². The molecule has 0 aliphatic heterocycles. The maximum atomic E-state index is 9.05. The molecule has 0 bridgehead atoms. The zero-order valence-corrected chi connectivity index (χ0v) is 7.38.